The molecule has 0 radical (unpaired) electrons. The normalized spacial score (nSPS) is 12.2. The Morgan fingerprint density at radius 1 is 1.27 bits per heavy atom. The number of aryl methyl sites for hydroxylation is 1. The third-order valence-electron chi connectivity index (χ3n) is 3.36. The van der Waals surface area contributed by atoms with Crippen LogP contribution >= 0.6 is 0 Å². The van der Waals surface area contributed by atoms with E-state index in [2.05, 4.69) is 15.5 Å². The van der Waals surface area contributed by atoms with E-state index in [9.17, 15) is 9.90 Å². The van der Waals surface area contributed by atoms with Crippen molar-refractivity contribution in [3.05, 3.63) is 41.2 Å². The van der Waals surface area contributed by atoms with Crippen LogP contribution in [0.2, 0.25) is 0 Å². The van der Waals surface area contributed by atoms with Crippen molar-refractivity contribution in [3.63, 3.8) is 0 Å². The second-order valence-corrected chi connectivity index (χ2v) is 5.04. The predicted octanol–water partition coefficient (Wildman–Crippen LogP) is 0.569. The smallest absolute Gasteiger partial charge is 0.274 e. The number of aliphatic hydroxyl groups excluding tert-OH is 2. The zero-order chi connectivity index (χ0) is 16.1. The van der Waals surface area contributed by atoms with Crippen LogP contribution in [-0.4, -0.2) is 43.8 Å². The number of carbonyl (C=O) groups is 1. The molecule has 0 fully saturated rings. The highest BCUT2D eigenvalue weighted by Gasteiger charge is 2.20. The lowest BCUT2D eigenvalue weighted by Gasteiger charge is -2.12. The fourth-order valence-electron chi connectivity index (χ4n) is 1.94. The molecule has 0 saturated carbocycles. The lowest BCUT2D eigenvalue weighted by atomic mass is 10.2. The summed E-state index contributed by atoms with van der Waals surface area (Å²) in [6.45, 7) is 3.29. The number of hydrogen-bond acceptors (Lipinski definition) is 5. The van der Waals surface area contributed by atoms with E-state index in [1.165, 1.54) is 4.80 Å². The summed E-state index contributed by atoms with van der Waals surface area (Å²) in [7, 11) is 0. The van der Waals surface area contributed by atoms with Gasteiger partial charge in [0.2, 0.25) is 0 Å². The molecule has 118 valence electrons. The van der Waals surface area contributed by atoms with Gasteiger partial charge in [0.15, 0.2) is 5.69 Å². The fraction of sp³-hybridized carbons (Fsp3) is 0.400. The lowest BCUT2D eigenvalue weighted by Crippen LogP contribution is -2.37. The van der Waals surface area contributed by atoms with Crippen LogP contribution in [0.15, 0.2) is 24.3 Å². The molecule has 7 heteroatoms. The molecule has 1 atom stereocenters. The van der Waals surface area contributed by atoms with Gasteiger partial charge >= 0.3 is 0 Å². The first-order valence-electron chi connectivity index (χ1n) is 7.14. The van der Waals surface area contributed by atoms with Gasteiger partial charge in [0.05, 0.1) is 24.9 Å². The van der Waals surface area contributed by atoms with Crippen LogP contribution in [0.1, 0.15) is 35.1 Å². The first kappa shape index (κ1) is 16.1. The van der Waals surface area contributed by atoms with Crippen molar-refractivity contribution in [1.29, 1.82) is 0 Å². The number of nitrogens with zero attached hydrogens (tertiary/aromatic N) is 3. The summed E-state index contributed by atoms with van der Waals surface area (Å²) < 4.78 is 0. The maximum Gasteiger partial charge on any atom is 0.274 e. The zero-order valence-corrected chi connectivity index (χ0v) is 12.7. The van der Waals surface area contributed by atoms with E-state index in [0.717, 1.165) is 5.56 Å². The maximum atomic E-state index is 12.2. The average molecular weight is 304 g/mol. The Kier molecular flexibility index (Phi) is 5.24. The molecule has 1 aromatic heterocycles. The van der Waals surface area contributed by atoms with Crippen LogP contribution in [0.5, 0.6) is 0 Å². The Morgan fingerprint density at radius 3 is 2.50 bits per heavy atom. The van der Waals surface area contributed by atoms with Crippen molar-refractivity contribution in [3.8, 4) is 5.69 Å². The first-order chi connectivity index (χ1) is 10.6. The van der Waals surface area contributed by atoms with E-state index < -0.39 is 5.91 Å². The molecule has 3 N–H and O–H groups in total. The van der Waals surface area contributed by atoms with Crippen molar-refractivity contribution in [2.24, 2.45) is 0 Å². The largest absolute Gasteiger partial charge is 0.394 e. The Balaban J connectivity index is 2.28. The molecule has 2 rings (SSSR count). The predicted molar refractivity (Wildman–Crippen MR) is 80.6 cm³/mol. The first-order valence-corrected chi connectivity index (χ1v) is 7.14. The van der Waals surface area contributed by atoms with Gasteiger partial charge in [-0.3, -0.25) is 4.79 Å². The molecule has 1 heterocycles. The molecule has 1 aromatic carbocycles. The molecule has 0 saturated heterocycles. The third kappa shape index (κ3) is 3.49. The molecule has 1 amide bonds. The number of aliphatic hydroxyl groups is 2. The fourth-order valence-corrected chi connectivity index (χ4v) is 1.94. The van der Waals surface area contributed by atoms with Crippen LogP contribution in [0.25, 0.3) is 5.69 Å². The van der Waals surface area contributed by atoms with E-state index in [0.29, 0.717) is 12.1 Å². The molecular formula is C15H20N4O3. The van der Waals surface area contributed by atoms with Gasteiger partial charge in [0, 0.05) is 0 Å². The van der Waals surface area contributed by atoms with Gasteiger partial charge in [-0.1, -0.05) is 24.6 Å². The summed E-state index contributed by atoms with van der Waals surface area (Å²) in [4.78, 5) is 13.5. The minimum absolute atomic E-state index is 0.0648. The Morgan fingerprint density at radius 2 is 1.95 bits per heavy atom. The second kappa shape index (κ2) is 7.15. The summed E-state index contributed by atoms with van der Waals surface area (Å²) in [5.41, 5.74) is 2.07. The highest BCUT2D eigenvalue weighted by atomic mass is 16.3. The van der Waals surface area contributed by atoms with Crippen molar-refractivity contribution in [2.45, 2.75) is 32.9 Å². The summed E-state index contributed by atoms with van der Waals surface area (Å²) in [5, 5.41) is 29.5. The Labute approximate surface area is 128 Å². The van der Waals surface area contributed by atoms with Crippen molar-refractivity contribution < 1.29 is 15.0 Å². The topological polar surface area (TPSA) is 100 Å². The van der Waals surface area contributed by atoms with Crippen molar-refractivity contribution in [1.82, 2.24) is 20.3 Å². The quantitative estimate of drug-likeness (QED) is 0.724. The van der Waals surface area contributed by atoms with Gasteiger partial charge in [-0.05, 0) is 25.5 Å². The maximum absolute atomic E-state index is 12.2. The molecule has 22 heavy (non-hydrogen) atoms. The van der Waals surface area contributed by atoms with Crippen LogP contribution < -0.4 is 5.32 Å². The van der Waals surface area contributed by atoms with E-state index >= 15 is 0 Å². The van der Waals surface area contributed by atoms with Crippen LogP contribution in [0.4, 0.5) is 0 Å². The molecular weight excluding hydrogens is 284 g/mol. The summed E-state index contributed by atoms with van der Waals surface area (Å²) in [5.74, 6) is -0.455. The van der Waals surface area contributed by atoms with Crippen LogP contribution in [0.3, 0.4) is 0 Å². The lowest BCUT2D eigenvalue weighted by molar-refractivity contribution is 0.0906. The van der Waals surface area contributed by atoms with Crippen LogP contribution in [0, 0.1) is 6.92 Å². The monoisotopic (exact) mass is 304 g/mol. The van der Waals surface area contributed by atoms with Crippen molar-refractivity contribution in [2.75, 3.05) is 6.61 Å². The molecule has 7 nitrogen and oxygen atoms in total. The SMILES string of the molecule is CC[C@@H](CO)NC(=O)c1nn(-c2ccc(C)cc2)nc1CO. The molecule has 0 spiro atoms. The molecule has 0 bridgehead atoms. The van der Waals surface area contributed by atoms with E-state index in [4.69, 9.17) is 5.11 Å². The number of nitrogens with one attached hydrogen (secondary N) is 1. The minimum atomic E-state index is -0.455. The highest BCUT2D eigenvalue weighted by molar-refractivity contribution is 5.93. The minimum Gasteiger partial charge on any atom is -0.394 e. The second-order valence-electron chi connectivity index (χ2n) is 5.04. The number of carbonyl (C=O) groups excluding carboxylic acids is 1. The van der Waals surface area contributed by atoms with E-state index in [1.54, 1.807) is 0 Å². The number of hydrogen-bond donors (Lipinski definition) is 3. The zero-order valence-electron chi connectivity index (χ0n) is 12.7. The van der Waals surface area contributed by atoms with E-state index in [1.807, 2.05) is 38.1 Å². The number of amides is 1. The Bertz CT molecular complexity index is 633. The average Bonchev–Trinajstić information content (AvgIpc) is 2.97. The van der Waals surface area contributed by atoms with Crippen LogP contribution in [-0.2, 0) is 6.61 Å². The van der Waals surface area contributed by atoms with Gasteiger partial charge in [0.1, 0.15) is 5.69 Å². The van der Waals surface area contributed by atoms with Gasteiger partial charge in [-0.2, -0.15) is 4.80 Å². The molecule has 0 aliphatic rings. The van der Waals surface area contributed by atoms with Gasteiger partial charge in [0.25, 0.3) is 5.91 Å². The summed E-state index contributed by atoms with van der Waals surface area (Å²) in [6.07, 6.45) is 0.600. The van der Waals surface area contributed by atoms with Crippen molar-refractivity contribution >= 4 is 5.91 Å². The standard InChI is InChI=1S/C15H20N4O3/c1-3-11(8-20)16-15(22)14-13(9-21)17-19(18-14)12-6-4-10(2)5-7-12/h4-7,11,20-21H,3,8-9H2,1-2H3,(H,16,22)/t11-/m0/s1. The number of aromatic nitrogens is 3. The van der Waals surface area contributed by atoms with Gasteiger partial charge in [-0.25, -0.2) is 0 Å². The third-order valence-corrected chi connectivity index (χ3v) is 3.36. The molecule has 0 aliphatic carbocycles. The van der Waals surface area contributed by atoms with E-state index in [-0.39, 0.29) is 30.6 Å². The summed E-state index contributed by atoms with van der Waals surface area (Å²) in [6, 6.07) is 7.15. The van der Waals surface area contributed by atoms with Gasteiger partial charge < -0.3 is 15.5 Å². The number of benzene rings is 1. The molecule has 0 unspecified atom stereocenters. The molecule has 0 aliphatic heterocycles. The Hall–Kier alpha value is -2.25. The number of rotatable bonds is 6. The van der Waals surface area contributed by atoms with Gasteiger partial charge in [-0.15, -0.1) is 10.2 Å². The molecule has 2 aromatic rings. The summed E-state index contributed by atoms with van der Waals surface area (Å²) >= 11 is 0. The highest BCUT2D eigenvalue weighted by Crippen LogP contribution is 2.11.